The first-order chi connectivity index (χ1) is 7.94. The van der Waals surface area contributed by atoms with E-state index in [-0.39, 0.29) is 17.6 Å². The molecule has 0 saturated carbocycles. The van der Waals surface area contributed by atoms with Gasteiger partial charge in [0.2, 0.25) is 0 Å². The van der Waals surface area contributed by atoms with Gasteiger partial charge in [0, 0.05) is 23.8 Å². The van der Waals surface area contributed by atoms with E-state index in [9.17, 15) is 8.42 Å². The maximum atomic E-state index is 12.0. The van der Waals surface area contributed by atoms with Crippen molar-refractivity contribution in [1.82, 2.24) is 4.90 Å². The third-order valence-corrected chi connectivity index (χ3v) is 6.29. The van der Waals surface area contributed by atoms with Crippen LogP contribution in [0.3, 0.4) is 0 Å². The molecule has 3 N–H and O–H groups in total. The van der Waals surface area contributed by atoms with Crippen molar-refractivity contribution in [3.63, 3.8) is 0 Å². The van der Waals surface area contributed by atoms with Gasteiger partial charge in [0.05, 0.1) is 6.04 Å². The highest BCUT2D eigenvalue weighted by Gasteiger charge is 2.36. The predicted molar refractivity (Wildman–Crippen MR) is 70.2 cm³/mol. The molecule has 0 aromatic carbocycles. The molecule has 1 rings (SSSR count). The Morgan fingerprint density at radius 2 is 2.35 bits per heavy atom. The van der Waals surface area contributed by atoms with Crippen LogP contribution in [0.2, 0.25) is 0 Å². The lowest BCUT2D eigenvalue weighted by Crippen LogP contribution is -2.55. The van der Waals surface area contributed by atoms with Crippen molar-refractivity contribution in [2.24, 2.45) is 10.9 Å². The number of oxime groups is 1. The zero-order valence-corrected chi connectivity index (χ0v) is 11.7. The highest BCUT2D eigenvalue weighted by molar-refractivity contribution is 8.01. The average Bonchev–Trinajstić information content (AvgIpc) is 2.36. The molecule has 1 fully saturated rings. The number of hydrogen-bond donors (Lipinski definition) is 2. The van der Waals surface area contributed by atoms with Crippen molar-refractivity contribution in [3.8, 4) is 0 Å². The SMILES string of the molecule is CCS(=O)(=O)C1CSCCN1C(C)C(N)=NO. The molecule has 6 nitrogen and oxygen atoms in total. The summed E-state index contributed by atoms with van der Waals surface area (Å²) >= 11 is 1.62. The van der Waals surface area contributed by atoms with Gasteiger partial charge in [-0.05, 0) is 6.92 Å². The van der Waals surface area contributed by atoms with Gasteiger partial charge in [0.15, 0.2) is 15.7 Å². The normalized spacial score (nSPS) is 25.8. The summed E-state index contributed by atoms with van der Waals surface area (Å²) in [4.78, 5) is 1.80. The average molecular weight is 281 g/mol. The van der Waals surface area contributed by atoms with E-state index in [4.69, 9.17) is 10.9 Å². The Kier molecular flexibility index (Phi) is 5.08. The molecule has 0 spiro atoms. The molecule has 1 saturated heterocycles. The number of sulfone groups is 1. The Hall–Kier alpha value is -0.470. The highest BCUT2D eigenvalue weighted by Crippen LogP contribution is 2.23. The summed E-state index contributed by atoms with van der Waals surface area (Å²) in [5.74, 6) is 1.56. The molecule has 0 bridgehead atoms. The van der Waals surface area contributed by atoms with E-state index >= 15 is 0 Å². The molecule has 1 aliphatic heterocycles. The van der Waals surface area contributed by atoms with Crippen LogP contribution in [-0.4, -0.2) is 59.6 Å². The zero-order chi connectivity index (χ0) is 13.1. The monoisotopic (exact) mass is 281 g/mol. The molecular formula is C9H19N3O3S2. The summed E-state index contributed by atoms with van der Waals surface area (Å²) in [5, 5.41) is 11.1. The van der Waals surface area contributed by atoms with Gasteiger partial charge >= 0.3 is 0 Å². The van der Waals surface area contributed by atoms with Gasteiger partial charge < -0.3 is 10.9 Å². The minimum Gasteiger partial charge on any atom is -0.409 e. The van der Waals surface area contributed by atoms with Gasteiger partial charge in [-0.25, -0.2) is 8.42 Å². The van der Waals surface area contributed by atoms with Crippen LogP contribution in [0.4, 0.5) is 0 Å². The minimum atomic E-state index is -3.14. The van der Waals surface area contributed by atoms with Crippen molar-refractivity contribution < 1.29 is 13.6 Å². The number of amidine groups is 1. The van der Waals surface area contributed by atoms with Gasteiger partial charge in [0.25, 0.3) is 0 Å². The third-order valence-electron chi connectivity index (χ3n) is 2.98. The third kappa shape index (κ3) is 3.26. The van der Waals surface area contributed by atoms with Crippen molar-refractivity contribution >= 4 is 27.4 Å². The Morgan fingerprint density at radius 3 is 2.88 bits per heavy atom. The smallest absolute Gasteiger partial charge is 0.166 e. The summed E-state index contributed by atoms with van der Waals surface area (Å²) < 4.78 is 24.0. The molecule has 0 radical (unpaired) electrons. The van der Waals surface area contributed by atoms with Crippen LogP contribution in [-0.2, 0) is 9.84 Å². The van der Waals surface area contributed by atoms with Crippen molar-refractivity contribution in [2.45, 2.75) is 25.3 Å². The van der Waals surface area contributed by atoms with E-state index in [0.717, 1.165) is 5.75 Å². The summed E-state index contributed by atoms with van der Waals surface area (Å²) in [7, 11) is -3.14. The second kappa shape index (κ2) is 5.92. The number of hydrogen-bond acceptors (Lipinski definition) is 6. The highest BCUT2D eigenvalue weighted by atomic mass is 32.2. The van der Waals surface area contributed by atoms with E-state index < -0.39 is 15.2 Å². The van der Waals surface area contributed by atoms with Crippen LogP contribution in [0.1, 0.15) is 13.8 Å². The lowest BCUT2D eigenvalue weighted by molar-refractivity contribution is 0.239. The van der Waals surface area contributed by atoms with E-state index in [1.54, 1.807) is 30.5 Å². The molecule has 0 aromatic heterocycles. The minimum absolute atomic E-state index is 0.0493. The first-order valence-corrected chi connectivity index (χ1v) is 8.33. The van der Waals surface area contributed by atoms with Crippen LogP contribution >= 0.6 is 11.8 Å². The maximum absolute atomic E-state index is 12.0. The lowest BCUT2D eigenvalue weighted by atomic mass is 10.2. The van der Waals surface area contributed by atoms with Crippen molar-refractivity contribution in [3.05, 3.63) is 0 Å². The Bertz CT molecular complexity index is 383. The zero-order valence-electron chi connectivity index (χ0n) is 10.0. The summed E-state index contributed by atoms with van der Waals surface area (Å²) in [6, 6.07) is -0.368. The van der Waals surface area contributed by atoms with Crippen LogP contribution in [0.5, 0.6) is 0 Å². The largest absolute Gasteiger partial charge is 0.409 e. The Labute approximate surface area is 106 Å². The molecule has 2 atom stereocenters. The maximum Gasteiger partial charge on any atom is 0.166 e. The molecule has 1 heterocycles. The van der Waals surface area contributed by atoms with Crippen LogP contribution in [0.25, 0.3) is 0 Å². The fourth-order valence-electron chi connectivity index (χ4n) is 1.79. The number of nitrogens with zero attached hydrogens (tertiary/aromatic N) is 2. The molecule has 0 aliphatic carbocycles. The summed E-state index contributed by atoms with van der Waals surface area (Å²) in [5.41, 5.74) is 5.55. The van der Waals surface area contributed by atoms with Crippen LogP contribution in [0.15, 0.2) is 5.16 Å². The summed E-state index contributed by atoms with van der Waals surface area (Å²) in [6.45, 7) is 4.02. The van der Waals surface area contributed by atoms with Gasteiger partial charge in [-0.3, -0.25) is 4.90 Å². The first-order valence-electron chi connectivity index (χ1n) is 5.46. The second-order valence-electron chi connectivity index (χ2n) is 3.92. The first kappa shape index (κ1) is 14.6. The van der Waals surface area contributed by atoms with Crippen LogP contribution in [0, 0.1) is 0 Å². The summed E-state index contributed by atoms with van der Waals surface area (Å²) in [6.07, 6.45) is 0. The van der Waals surface area contributed by atoms with Gasteiger partial charge in [0.1, 0.15) is 5.37 Å². The molecule has 0 amide bonds. The van der Waals surface area contributed by atoms with Crippen molar-refractivity contribution in [2.75, 3.05) is 23.8 Å². The fraction of sp³-hybridized carbons (Fsp3) is 0.889. The lowest BCUT2D eigenvalue weighted by Gasteiger charge is -2.38. The van der Waals surface area contributed by atoms with E-state index in [1.807, 2.05) is 0 Å². The molecule has 0 aromatic rings. The van der Waals surface area contributed by atoms with E-state index in [0.29, 0.717) is 12.3 Å². The second-order valence-corrected chi connectivity index (χ2v) is 7.52. The fourth-order valence-corrected chi connectivity index (χ4v) is 4.90. The van der Waals surface area contributed by atoms with Crippen LogP contribution < -0.4 is 5.73 Å². The molecule has 1 aliphatic rings. The molecular weight excluding hydrogens is 262 g/mol. The quantitative estimate of drug-likeness (QED) is 0.324. The molecule has 8 heteroatoms. The van der Waals surface area contributed by atoms with E-state index in [1.165, 1.54) is 0 Å². The van der Waals surface area contributed by atoms with Gasteiger partial charge in [-0.1, -0.05) is 12.1 Å². The number of nitrogens with two attached hydrogens (primary N) is 1. The van der Waals surface area contributed by atoms with Gasteiger partial charge in [-0.2, -0.15) is 11.8 Å². The standard InChI is InChI=1S/C9H19N3O3S2/c1-3-17(14,15)8-6-16-5-4-12(8)7(2)9(10)11-13/h7-8,13H,3-6H2,1-2H3,(H2,10,11). The number of rotatable bonds is 4. The topological polar surface area (TPSA) is 96.0 Å². The molecule has 2 unspecified atom stereocenters. The van der Waals surface area contributed by atoms with Crippen molar-refractivity contribution in [1.29, 1.82) is 0 Å². The Balaban J connectivity index is 2.95. The van der Waals surface area contributed by atoms with Gasteiger partial charge in [-0.15, -0.1) is 0 Å². The number of thioether (sulfide) groups is 1. The molecule has 100 valence electrons. The Morgan fingerprint density at radius 1 is 1.71 bits per heavy atom. The predicted octanol–water partition coefficient (Wildman–Crippen LogP) is -0.0691. The van der Waals surface area contributed by atoms with E-state index in [2.05, 4.69) is 5.16 Å². The molecule has 17 heavy (non-hydrogen) atoms.